The Labute approximate surface area is 63.4 Å². The van der Waals surface area contributed by atoms with E-state index in [-0.39, 0.29) is 6.10 Å². The van der Waals surface area contributed by atoms with E-state index in [4.69, 9.17) is 0 Å². The van der Waals surface area contributed by atoms with Gasteiger partial charge in [-0.05, 0) is 25.2 Å². The van der Waals surface area contributed by atoms with Gasteiger partial charge in [-0.1, -0.05) is 26.2 Å². The Kier molecular flexibility index (Phi) is 3.20. The highest BCUT2D eigenvalue weighted by Gasteiger charge is 2.25. The fourth-order valence-electron chi connectivity index (χ4n) is 1.45. The minimum Gasteiger partial charge on any atom is -0.233 e. The summed E-state index contributed by atoms with van der Waals surface area (Å²) >= 11 is 0. The summed E-state index contributed by atoms with van der Waals surface area (Å²) in [4.78, 5) is 0. The molecule has 1 radical (unpaired) electrons. The van der Waals surface area contributed by atoms with Gasteiger partial charge >= 0.3 is 0 Å². The number of hydrogen-bond donors (Lipinski definition) is 0. The second-order valence-electron chi connectivity index (χ2n) is 3.37. The van der Waals surface area contributed by atoms with Crippen molar-refractivity contribution in [3.8, 4) is 0 Å². The topological polar surface area (TPSA) is 19.9 Å². The summed E-state index contributed by atoms with van der Waals surface area (Å²) in [7, 11) is 0. The second-order valence-corrected chi connectivity index (χ2v) is 3.37. The smallest absolute Gasteiger partial charge is 0.0958 e. The second kappa shape index (κ2) is 3.97. The van der Waals surface area contributed by atoms with Crippen molar-refractivity contribution in [2.24, 2.45) is 5.92 Å². The number of hydrogen-bond acceptors (Lipinski definition) is 0. The molecule has 1 aliphatic carbocycles. The maximum absolute atomic E-state index is 11.3. The summed E-state index contributed by atoms with van der Waals surface area (Å²) in [6.07, 6.45) is 6.71. The van der Waals surface area contributed by atoms with Crippen LogP contribution in [0.2, 0.25) is 0 Å². The zero-order chi connectivity index (χ0) is 7.40. The first-order valence-electron chi connectivity index (χ1n) is 4.50. The lowest BCUT2D eigenvalue weighted by Gasteiger charge is -2.28. The summed E-state index contributed by atoms with van der Waals surface area (Å²) in [6, 6.07) is 0. The Hall–Kier alpha value is -0.0400. The minimum absolute atomic E-state index is 0.228. The summed E-state index contributed by atoms with van der Waals surface area (Å²) < 4.78 is 0. The van der Waals surface area contributed by atoms with Gasteiger partial charge in [-0.15, -0.1) is 0 Å². The average Bonchev–Trinajstić information content (AvgIpc) is 1.79. The molecular weight excluding hydrogens is 124 g/mol. The van der Waals surface area contributed by atoms with E-state index < -0.39 is 0 Å². The van der Waals surface area contributed by atoms with Crippen molar-refractivity contribution in [3.05, 3.63) is 0 Å². The van der Waals surface area contributed by atoms with Crippen LogP contribution in [0.15, 0.2) is 0 Å². The van der Waals surface area contributed by atoms with Crippen LogP contribution in [0.25, 0.3) is 0 Å². The Balaban J connectivity index is 2.02. The van der Waals surface area contributed by atoms with Gasteiger partial charge in [0.1, 0.15) is 0 Å². The molecule has 10 heavy (non-hydrogen) atoms. The van der Waals surface area contributed by atoms with Crippen LogP contribution >= 0.6 is 0 Å². The van der Waals surface area contributed by atoms with E-state index in [1.807, 2.05) is 0 Å². The van der Waals surface area contributed by atoms with E-state index in [1.54, 1.807) is 0 Å². The molecule has 0 spiro atoms. The van der Waals surface area contributed by atoms with E-state index >= 15 is 0 Å². The molecule has 1 atom stereocenters. The summed E-state index contributed by atoms with van der Waals surface area (Å²) in [6.45, 7) is 2.15. The van der Waals surface area contributed by atoms with Gasteiger partial charge in [0, 0.05) is 0 Å². The highest BCUT2D eigenvalue weighted by Crippen LogP contribution is 2.31. The number of rotatable bonds is 4. The van der Waals surface area contributed by atoms with Crippen LogP contribution in [-0.2, 0) is 5.11 Å². The molecule has 1 unspecified atom stereocenters. The molecule has 0 heterocycles. The molecule has 1 rings (SSSR count). The lowest BCUT2D eigenvalue weighted by molar-refractivity contribution is -0.00281. The van der Waals surface area contributed by atoms with Crippen molar-refractivity contribution in [1.29, 1.82) is 0 Å². The van der Waals surface area contributed by atoms with E-state index in [0.29, 0.717) is 5.92 Å². The third kappa shape index (κ3) is 1.98. The molecule has 1 heteroatoms. The number of unbranched alkanes of at least 4 members (excludes halogenated alkanes) is 1. The molecular formula is C9H17O. The monoisotopic (exact) mass is 141 g/mol. The molecule has 0 saturated heterocycles. The Morgan fingerprint density at radius 2 is 2.20 bits per heavy atom. The Morgan fingerprint density at radius 3 is 2.60 bits per heavy atom. The maximum Gasteiger partial charge on any atom is 0.0958 e. The Bertz CT molecular complexity index is 86.7. The molecule has 1 nitrogen and oxygen atoms in total. The molecule has 0 aromatic carbocycles. The van der Waals surface area contributed by atoms with Crippen molar-refractivity contribution in [2.75, 3.05) is 0 Å². The lowest BCUT2D eigenvalue weighted by atomic mass is 9.79. The largest absolute Gasteiger partial charge is 0.233 e. The van der Waals surface area contributed by atoms with Gasteiger partial charge in [0.25, 0.3) is 0 Å². The first kappa shape index (κ1) is 8.06. The normalized spacial score (nSPS) is 22.2. The van der Waals surface area contributed by atoms with Crippen molar-refractivity contribution in [3.63, 3.8) is 0 Å². The molecule has 59 valence electrons. The van der Waals surface area contributed by atoms with Crippen LogP contribution in [0.1, 0.15) is 45.4 Å². The van der Waals surface area contributed by atoms with Crippen molar-refractivity contribution in [2.45, 2.75) is 51.6 Å². The summed E-state index contributed by atoms with van der Waals surface area (Å²) in [5, 5.41) is 11.3. The summed E-state index contributed by atoms with van der Waals surface area (Å²) in [5.41, 5.74) is 0. The van der Waals surface area contributed by atoms with Crippen molar-refractivity contribution in [1.82, 2.24) is 0 Å². The van der Waals surface area contributed by atoms with Crippen LogP contribution < -0.4 is 0 Å². The molecule has 0 bridgehead atoms. The van der Waals surface area contributed by atoms with E-state index in [2.05, 4.69) is 6.92 Å². The van der Waals surface area contributed by atoms with Crippen LogP contribution in [0.5, 0.6) is 0 Å². The standard InChI is InChI=1S/C9H17O/c1-2-3-7-9(10)8-5-4-6-8/h8-9H,2-7H2,1H3. The fraction of sp³-hybridized carbons (Fsp3) is 1.00. The molecule has 0 aromatic rings. The third-order valence-electron chi connectivity index (χ3n) is 2.52. The lowest BCUT2D eigenvalue weighted by Crippen LogP contribution is -2.25. The molecule has 1 saturated carbocycles. The third-order valence-corrected chi connectivity index (χ3v) is 2.52. The molecule has 0 N–H and O–H groups in total. The van der Waals surface area contributed by atoms with Crippen LogP contribution in [0.3, 0.4) is 0 Å². The first-order valence-corrected chi connectivity index (χ1v) is 4.50. The van der Waals surface area contributed by atoms with E-state index in [9.17, 15) is 5.11 Å². The first-order chi connectivity index (χ1) is 4.84. The van der Waals surface area contributed by atoms with Gasteiger partial charge in [0.2, 0.25) is 0 Å². The molecule has 1 aliphatic rings. The SMILES string of the molecule is CCCCC([O])C1CCC1. The van der Waals surface area contributed by atoms with Gasteiger partial charge in [-0.3, -0.25) is 0 Å². The van der Waals surface area contributed by atoms with Gasteiger partial charge in [0.15, 0.2) is 0 Å². The zero-order valence-corrected chi connectivity index (χ0v) is 6.81. The predicted molar refractivity (Wildman–Crippen MR) is 41.3 cm³/mol. The zero-order valence-electron chi connectivity index (χ0n) is 6.81. The molecule has 0 amide bonds. The van der Waals surface area contributed by atoms with E-state index in [0.717, 1.165) is 12.8 Å². The van der Waals surface area contributed by atoms with Gasteiger partial charge in [-0.25, -0.2) is 5.11 Å². The van der Waals surface area contributed by atoms with E-state index in [1.165, 1.54) is 25.7 Å². The fourth-order valence-corrected chi connectivity index (χ4v) is 1.45. The summed E-state index contributed by atoms with van der Waals surface area (Å²) in [5.74, 6) is 0.548. The Morgan fingerprint density at radius 1 is 1.50 bits per heavy atom. The maximum atomic E-state index is 11.3. The minimum atomic E-state index is -0.228. The van der Waals surface area contributed by atoms with Crippen LogP contribution in [0, 0.1) is 5.92 Å². The molecule has 1 fully saturated rings. The predicted octanol–water partition coefficient (Wildman–Crippen LogP) is 2.78. The highest BCUT2D eigenvalue weighted by atomic mass is 16.3. The van der Waals surface area contributed by atoms with Crippen molar-refractivity contribution >= 4 is 0 Å². The van der Waals surface area contributed by atoms with Crippen LogP contribution in [-0.4, -0.2) is 6.10 Å². The highest BCUT2D eigenvalue weighted by molar-refractivity contribution is 4.76. The van der Waals surface area contributed by atoms with Gasteiger partial charge < -0.3 is 0 Å². The van der Waals surface area contributed by atoms with Crippen LogP contribution in [0.4, 0.5) is 0 Å². The van der Waals surface area contributed by atoms with Gasteiger partial charge in [-0.2, -0.15) is 0 Å². The quantitative estimate of drug-likeness (QED) is 0.573. The molecule has 0 aliphatic heterocycles. The van der Waals surface area contributed by atoms with Gasteiger partial charge in [0.05, 0.1) is 6.10 Å². The molecule has 0 aromatic heterocycles. The average molecular weight is 141 g/mol. The van der Waals surface area contributed by atoms with Crippen molar-refractivity contribution < 1.29 is 5.11 Å².